The predicted octanol–water partition coefficient (Wildman–Crippen LogP) is 0.972. The largest absolute Gasteiger partial charge is 0.486 e. The zero-order chi connectivity index (χ0) is 21.3. The van der Waals surface area contributed by atoms with Crippen molar-refractivity contribution in [2.75, 3.05) is 31.3 Å². The van der Waals surface area contributed by atoms with Crippen LogP contribution in [0.2, 0.25) is 0 Å². The molecule has 0 radical (unpaired) electrons. The highest BCUT2D eigenvalue weighted by Crippen LogP contribution is 2.34. The summed E-state index contributed by atoms with van der Waals surface area (Å²) in [6.07, 6.45) is 0.747. The fourth-order valence-corrected chi connectivity index (χ4v) is 5.64. The lowest BCUT2D eigenvalue weighted by Crippen LogP contribution is -2.45. The Kier molecular flexibility index (Phi) is 5.68. The van der Waals surface area contributed by atoms with E-state index in [-0.39, 0.29) is 41.9 Å². The number of fused-ring (bicyclic) bond motifs is 1. The van der Waals surface area contributed by atoms with Crippen LogP contribution < -0.4 is 9.47 Å². The van der Waals surface area contributed by atoms with Gasteiger partial charge in [0, 0.05) is 31.5 Å². The van der Waals surface area contributed by atoms with Gasteiger partial charge in [0.1, 0.15) is 18.9 Å². The Morgan fingerprint density at radius 1 is 1.27 bits per heavy atom. The molecule has 0 spiro atoms. The molecule has 3 heterocycles. The number of hydrogen-bond donors (Lipinski definition) is 0. The van der Waals surface area contributed by atoms with Gasteiger partial charge in [0.2, 0.25) is 5.91 Å². The average Bonchev–Trinajstić information content (AvgIpc) is 3.11. The topological polar surface area (TPSA) is 106 Å². The predicted molar refractivity (Wildman–Crippen MR) is 109 cm³/mol. The van der Waals surface area contributed by atoms with Crippen molar-refractivity contribution >= 4 is 27.4 Å². The summed E-state index contributed by atoms with van der Waals surface area (Å²) < 4.78 is 34.9. The number of hydrazone groups is 1. The summed E-state index contributed by atoms with van der Waals surface area (Å²) in [5.74, 6) is 0.756. The lowest BCUT2D eigenvalue weighted by molar-refractivity contribution is -0.134. The van der Waals surface area contributed by atoms with Gasteiger partial charge in [0.05, 0.1) is 17.5 Å². The van der Waals surface area contributed by atoms with E-state index in [1.807, 2.05) is 25.1 Å². The molecule has 3 aliphatic heterocycles. The monoisotopic (exact) mass is 435 g/mol. The van der Waals surface area contributed by atoms with Crippen molar-refractivity contribution in [2.24, 2.45) is 5.10 Å². The van der Waals surface area contributed by atoms with Gasteiger partial charge in [-0.2, -0.15) is 5.10 Å². The number of carbonyl (C=O) groups excluding carboxylic acids is 2. The quantitative estimate of drug-likeness (QED) is 0.682. The van der Waals surface area contributed by atoms with Gasteiger partial charge in [-0.25, -0.2) is 13.4 Å². The lowest BCUT2D eigenvalue weighted by atomic mass is 10.1. The molecule has 10 heteroatoms. The molecule has 1 atom stereocenters. The molecule has 3 aliphatic rings. The normalized spacial score (nSPS) is 22.6. The summed E-state index contributed by atoms with van der Waals surface area (Å²) >= 11 is 0. The third-order valence-electron chi connectivity index (χ3n) is 5.54. The number of para-hydroxylation sites is 1. The Hall–Kier alpha value is -2.62. The van der Waals surface area contributed by atoms with Gasteiger partial charge >= 0.3 is 0 Å². The van der Waals surface area contributed by atoms with Crippen LogP contribution in [0, 0.1) is 0 Å². The van der Waals surface area contributed by atoms with Crippen molar-refractivity contribution < 1.29 is 27.5 Å². The van der Waals surface area contributed by atoms with Gasteiger partial charge in [-0.05, 0) is 19.4 Å². The molecule has 0 saturated carbocycles. The van der Waals surface area contributed by atoms with E-state index in [0.29, 0.717) is 44.2 Å². The average molecular weight is 436 g/mol. The minimum Gasteiger partial charge on any atom is -0.486 e. The maximum absolute atomic E-state index is 13.2. The Morgan fingerprint density at radius 2 is 2.07 bits per heavy atom. The first-order chi connectivity index (χ1) is 14.4. The van der Waals surface area contributed by atoms with E-state index in [9.17, 15) is 18.0 Å². The number of amides is 2. The van der Waals surface area contributed by atoms with Gasteiger partial charge in [-0.3, -0.25) is 9.59 Å². The molecule has 162 valence electrons. The summed E-state index contributed by atoms with van der Waals surface area (Å²) in [5.41, 5.74) is 1.12. The summed E-state index contributed by atoms with van der Waals surface area (Å²) in [6.45, 7) is 3.60. The Morgan fingerprint density at radius 3 is 2.80 bits per heavy atom. The van der Waals surface area contributed by atoms with E-state index >= 15 is 0 Å². The Balaban J connectivity index is 1.53. The third kappa shape index (κ3) is 4.14. The standard InChI is InChI=1S/C20H25N3O6S/c1-2-22(12-14-4-3-5-17-19(14)29-10-9-28-17)20(25)16-6-7-18(24)23(21-16)15-8-11-30(26,27)13-15/h3-5,15H,2,6-13H2,1H3. The molecule has 1 aromatic rings. The molecular weight excluding hydrogens is 410 g/mol. The number of hydrogen-bond acceptors (Lipinski definition) is 7. The maximum Gasteiger partial charge on any atom is 0.270 e. The molecule has 0 aromatic heterocycles. The van der Waals surface area contributed by atoms with Crippen LogP contribution in [0.5, 0.6) is 11.5 Å². The number of ether oxygens (including phenoxy) is 2. The molecule has 1 saturated heterocycles. The number of carbonyl (C=O) groups is 2. The summed E-state index contributed by atoms with van der Waals surface area (Å²) in [6, 6.07) is 5.10. The molecule has 1 fully saturated rings. The van der Waals surface area contributed by atoms with Crippen molar-refractivity contribution in [2.45, 2.75) is 38.8 Å². The Labute approximate surface area is 175 Å². The van der Waals surface area contributed by atoms with E-state index in [1.165, 1.54) is 5.01 Å². The van der Waals surface area contributed by atoms with Crippen LogP contribution in [0.15, 0.2) is 23.3 Å². The molecule has 0 bridgehead atoms. The van der Waals surface area contributed by atoms with Crippen molar-refractivity contribution in [3.05, 3.63) is 23.8 Å². The number of nitrogens with zero attached hydrogens (tertiary/aromatic N) is 3. The third-order valence-corrected chi connectivity index (χ3v) is 7.29. The highest BCUT2D eigenvalue weighted by Gasteiger charge is 2.37. The van der Waals surface area contributed by atoms with Crippen LogP contribution >= 0.6 is 0 Å². The number of rotatable bonds is 5. The van der Waals surface area contributed by atoms with Gasteiger partial charge in [-0.1, -0.05) is 12.1 Å². The zero-order valence-electron chi connectivity index (χ0n) is 16.9. The molecule has 0 N–H and O–H groups in total. The molecular formula is C20H25N3O6S. The highest BCUT2D eigenvalue weighted by molar-refractivity contribution is 7.91. The van der Waals surface area contributed by atoms with Crippen LogP contribution in [0.1, 0.15) is 31.7 Å². The zero-order valence-corrected chi connectivity index (χ0v) is 17.7. The second-order valence-corrected chi connectivity index (χ2v) is 9.83. The second kappa shape index (κ2) is 8.25. The van der Waals surface area contributed by atoms with Crippen LogP contribution in [0.4, 0.5) is 0 Å². The first-order valence-electron chi connectivity index (χ1n) is 10.1. The maximum atomic E-state index is 13.2. The first kappa shape index (κ1) is 20.6. The van der Waals surface area contributed by atoms with Gasteiger partial charge in [0.25, 0.3) is 5.91 Å². The SMILES string of the molecule is CCN(Cc1cccc2c1OCCO2)C(=O)C1=NN(C2CCS(=O)(=O)C2)C(=O)CC1. The van der Waals surface area contributed by atoms with Crippen LogP contribution in [-0.4, -0.2) is 73.2 Å². The van der Waals surface area contributed by atoms with Gasteiger partial charge < -0.3 is 14.4 Å². The van der Waals surface area contributed by atoms with E-state index in [0.717, 1.165) is 5.56 Å². The number of benzene rings is 1. The molecule has 1 aromatic carbocycles. The van der Waals surface area contributed by atoms with E-state index in [4.69, 9.17) is 9.47 Å². The molecule has 4 rings (SSSR count). The van der Waals surface area contributed by atoms with Gasteiger partial charge in [0.15, 0.2) is 21.3 Å². The fraction of sp³-hybridized carbons (Fsp3) is 0.550. The lowest BCUT2D eigenvalue weighted by Gasteiger charge is -2.30. The summed E-state index contributed by atoms with van der Waals surface area (Å²) in [4.78, 5) is 27.1. The van der Waals surface area contributed by atoms with Crippen LogP contribution in [0.3, 0.4) is 0 Å². The van der Waals surface area contributed by atoms with Crippen molar-refractivity contribution in [3.63, 3.8) is 0 Å². The van der Waals surface area contributed by atoms with E-state index in [1.54, 1.807) is 4.90 Å². The van der Waals surface area contributed by atoms with Crippen molar-refractivity contribution in [1.29, 1.82) is 0 Å². The van der Waals surface area contributed by atoms with Crippen LogP contribution in [-0.2, 0) is 26.0 Å². The smallest absolute Gasteiger partial charge is 0.270 e. The summed E-state index contributed by atoms with van der Waals surface area (Å²) in [7, 11) is -3.16. The minimum absolute atomic E-state index is 0.0442. The first-order valence-corrected chi connectivity index (χ1v) is 12.0. The second-order valence-electron chi connectivity index (χ2n) is 7.60. The fourth-order valence-electron chi connectivity index (χ4n) is 3.95. The molecule has 0 aliphatic carbocycles. The van der Waals surface area contributed by atoms with Crippen molar-refractivity contribution in [3.8, 4) is 11.5 Å². The minimum atomic E-state index is -3.16. The summed E-state index contributed by atoms with van der Waals surface area (Å²) in [5, 5.41) is 5.52. The van der Waals surface area contributed by atoms with Crippen LogP contribution in [0.25, 0.3) is 0 Å². The van der Waals surface area contributed by atoms with Gasteiger partial charge in [-0.15, -0.1) is 0 Å². The van der Waals surface area contributed by atoms with E-state index < -0.39 is 15.9 Å². The molecule has 2 amide bonds. The van der Waals surface area contributed by atoms with Crippen molar-refractivity contribution in [1.82, 2.24) is 9.91 Å². The molecule has 9 nitrogen and oxygen atoms in total. The Bertz CT molecular complexity index is 990. The number of sulfone groups is 1. The molecule has 30 heavy (non-hydrogen) atoms. The van der Waals surface area contributed by atoms with E-state index in [2.05, 4.69) is 5.10 Å². The molecule has 1 unspecified atom stereocenters. The highest BCUT2D eigenvalue weighted by atomic mass is 32.2.